The maximum Gasteiger partial charge on any atom is 0.311 e. The molecule has 1 heterocycles. The van der Waals surface area contributed by atoms with Gasteiger partial charge in [0.2, 0.25) is 5.91 Å². The van der Waals surface area contributed by atoms with Crippen LogP contribution in [0.1, 0.15) is 32.1 Å². The van der Waals surface area contributed by atoms with Crippen LogP contribution in [0.3, 0.4) is 0 Å². The topological polar surface area (TPSA) is 102 Å². The summed E-state index contributed by atoms with van der Waals surface area (Å²) in [7, 11) is 0. The summed E-state index contributed by atoms with van der Waals surface area (Å²) in [5, 5.41) is 11.7. The summed E-state index contributed by atoms with van der Waals surface area (Å²) in [6.45, 7) is 1.15. The summed E-state index contributed by atoms with van der Waals surface area (Å²) < 4.78 is 5.08. The Morgan fingerprint density at radius 1 is 1.22 bits per heavy atom. The van der Waals surface area contributed by atoms with Crippen LogP contribution in [-0.4, -0.2) is 42.8 Å². The van der Waals surface area contributed by atoms with Gasteiger partial charge < -0.3 is 20.9 Å². The van der Waals surface area contributed by atoms with Crippen LogP contribution in [0.25, 0.3) is 0 Å². The molecule has 0 aromatic carbocycles. The van der Waals surface area contributed by atoms with Crippen LogP contribution in [0.4, 0.5) is 0 Å². The SMILES string of the molecule is NCCCCCCC(=O)NC1COCC1C(=O)O. The molecule has 18 heavy (non-hydrogen) atoms. The van der Waals surface area contributed by atoms with E-state index in [0.717, 1.165) is 25.7 Å². The van der Waals surface area contributed by atoms with E-state index in [4.69, 9.17) is 15.6 Å². The van der Waals surface area contributed by atoms with Gasteiger partial charge in [0.05, 0.1) is 19.3 Å². The van der Waals surface area contributed by atoms with E-state index in [-0.39, 0.29) is 25.2 Å². The molecule has 0 aromatic heterocycles. The molecule has 1 fully saturated rings. The van der Waals surface area contributed by atoms with Crippen LogP contribution in [0.2, 0.25) is 0 Å². The lowest BCUT2D eigenvalue weighted by atomic mass is 10.0. The van der Waals surface area contributed by atoms with Gasteiger partial charge in [-0.2, -0.15) is 0 Å². The number of carbonyl (C=O) groups is 2. The third kappa shape index (κ3) is 5.01. The molecule has 4 N–H and O–H groups in total. The minimum absolute atomic E-state index is 0.0931. The highest BCUT2D eigenvalue weighted by Crippen LogP contribution is 2.14. The Hall–Kier alpha value is -1.14. The highest BCUT2D eigenvalue weighted by Gasteiger charge is 2.34. The monoisotopic (exact) mass is 258 g/mol. The highest BCUT2D eigenvalue weighted by atomic mass is 16.5. The Morgan fingerprint density at radius 3 is 2.61 bits per heavy atom. The quantitative estimate of drug-likeness (QED) is 0.536. The van der Waals surface area contributed by atoms with Crippen LogP contribution in [0.15, 0.2) is 0 Å². The molecule has 6 nitrogen and oxygen atoms in total. The zero-order chi connectivity index (χ0) is 13.4. The molecule has 1 amide bonds. The van der Waals surface area contributed by atoms with Crippen LogP contribution < -0.4 is 11.1 Å². The van der Waals surface area contributed by atoms with Gasteiger partial charge in [0.15, 0.2) is 0 Å². The van der Waals surface area contributed by atoms with Crippen molar-refractivity contribution in [3.05, 3.63) is 0 Å². The largest absolute Gasteiger partial charge is 0.481 e. The lowest BCUT2D eigenvalue weighted by Gasteiger charge is -2.15. The number of hydrogen-bond acceptors (Lipinski definition) is 4. The molecule has 1 aliphatic heterocycles. The fraction of sp³-hybridized carbons (Fsp3) is 0.833. The normalized spacial score (nSPS) is 22.9. The number of unbranched alkanes of at least 4 members (excludes halogenated alkanes) is 3. The zero-order valence-corrected chi connectivity index (χ0v) is 10.6. The Balaban J connectivity index is 2.17. The van der Waals surface area contributed by atoms with Crippen LogP contribution in [0.5, 0.6) is 0 Å². The van der Waals surface area contributed by atoms with E-state index in [9.17, 15) is 9.59 Å². The number of carboxylic acid groups (broad SMARTS) is 1. The van der Waals surface area contributed by atoms with Gasteiger partial charge in [-0.3, -0.25) is 9.59 Å². The van der Waals surface area contributed by atoms with E-state index in [1.807, 2.05) is 0 Å². The van der Waals surface area contributed by atoms with E-state index in [1.54, 1.807) is 0 Å². The number of nitrogens with two attached hydrogens (primary N) is 1. The fourth-order valence-electron chi connectivity index (χ4n) is 2.00. The molecule has 1 rings (SSSR count). The van der Waals surface area contributed by atoms with Gasteiger partial charge in [0, 0.05) is 6.42 Å². The Kier molecular flexibility index (Phi) is 6.67. The second kappa shape index (κ2) is 8.05. The maximum absolute atomic E-state index is 11.6. The smallest absolute Gasteiger partial charge is 0.311 e. The molecule has 2 unspecified atom stereocenters. The highest BCUT2D eigenvalue weighted by molar-refractivity contribution is 5.78. The summed E-state index contributed by atoms with van der Waals surface area (Å²) in [5.41, 5.74) is 5.37. The third-order valence-corrected chi connectivity index (χ3v) is 3.10. The predicted molar refractivity (Wildman–Crippen MR) is 66.0 cm³/mol. The van der Waals surface area contributed by atoms with E-state index < -0.39 is 11.9 Å². The first kappa shape index (κ1) is 14.9. The summed E-state index contributed by atoms with van der Waals surface area (Å²) in [6.07, 6.45) is 4.26. The summed E-state index contributed by atoms with van der Waals surface area (Å²) in [4.78, 5) is 22.5. The minimum atomic E-state index is -0.916. The number of nitrogens with one attached hydrogen (secondary N) is 1. The molecule has 2 atom stereocenters. The van der Waals surface area contributed by atoms with E-state index in [2.05, 4.69) is 5.32 Å². The van der Waals surface area contributed by atoms with Gasteiger partial charge in [-0.05, 0) is 19.4 Å². The molecule has 1 saturated heterocycles. The predicted octanol–water partition coefficient (Wildman–Crippen LogP) is 0.111. The van der Waals surface area contributed by atoms with Gasteiger partial charge in [0.25, 0.3) is 0 Å². The van der Waals surface area contributed by atoms with Crippen molar-refractivity contribution in [3.8, 4) is 0 Å². The number of ether oxygens (including phenoxy) is 1. The maximum atomic E-state index is 11.6. The van der Waals surface area contributed by atoms with Crippen molar-refractivity contribution in [1.29, 1.82) is 0 Å². The number of rotatable bonds is 8. The first-order valence-electron chi connectivity index (χ1n) is 6.45. The van der Waals surface area contributed by atoms with Crippen molar-refractivity contribution in [1.82, 2.24) is 5.32 Å². The Bertz CT molecular complexity index is 283. The first-order valence-corrected chi connectivity index (χ1v) is 6.45. The number of carboxylic acids is 1. The summed E-state index contributed by atoms with van der Waals surface area (Å²) in [6, 6.07) is -0.390. The number of aliphatic carboxylic acids is 1. The first-order chi connectivity index (χ1) is 8.65. The molecule has 6 heteroatoms. The molecule has 0 radical (unpaired) electrons. The van der Waals surface area contributed by atoms with Gasteiger partial charge in [-0.25, -0.2) is 0 Å². The number of carbonyl (C=O) groups excluding carboxylic acids is 1. The van der Waals surface area contributed by atoms with Crippen molar-refractivity contribution in [2.24, 2.45) is 11.7 Å². The molecular weight excluding hydrogens is 236 g/mol. The van der Waals surface area contributed by atoms with Crippen LogP contribution >= 0.6 is 0 Å². The number of hydrogen-bond donors (Lipinski definition) is 3. The van der Waals surface area contributed by atoms with Crippen molar-refractivity contribution in [3.63, 3.8) is 0 Å². The Labute approximate surface area is 107 Å². The molecular formula is C12H22N2O4. The zero-order valence-electron chi connectivity index (χ0n) is 10.6. The van der Waals surface area contributed by atoms with Crippen LogP contribution in [0, 0.1) is 5.92 Å². The molecule has 0 spiro atoms. The van der Waals surface area contributed by atoms with Crippen molar-refractivity contribution < 1.29 is 19.4 Å². The van der Waals surface area contributed by atoms with E-state index in [1.165, 1.54) is 0 Å². The second-order valence-corrected chi connectivity index (χ2v) is 4.61. The van der Waals surface area contributed by atoms with E-state index >= 15 is 0 Å². The van der Waals surface area contributed by atoms with Gasteiger partial charge in [0.1, 0.15) is 5.92 Å². The average molecular weight is 258 g/mol. The minimum Gasteiger partial charge on any atom is -0.481 e. The van der Waals surface area contributed by atoms with Crippen molar-refractivity contribution >= 4 is 11.9 Å². The molecule has 104 valence electrons. The Morgan fingerprint density at radius 2 is 1.94 bits per heavy atom. The van der Waals surface area contributed by atoms with Crippen LogP contribution in [-0.2, 0) is 14.3 Å². The van der Waals surface area contributed by atoms with E-state index in [0.29, 0.717) is 13.0 Å². The lowest BCUT2D eigenvalue weighted by molar-refractivity contribution is -0.142. The standard InChI is InChI=1S/C12H22N2O4/c13-6-4-2-1-3-5-11(15)14-10-8-18-7-9(10)12(16)17/h9-10H,1-8,13H2,(H,14,15)(H,16,17). The molecule has 0 saturated carbocycles. The van der Waals surface area contributed by atoms with Crippen molar-refractivity contribution in [2.75, 3.05) is 19.8 Å². The summed E-state index contributed by atoms with van der Waals surface area (Å²) >= 11 is 0. The fourth-order valence-corrected chi connectivity index (χ4v) is 2.00. The third-order valence-electron chi connectivity index (χ3n) is 3.10. The second-order valence-electron chi connectivity index (χ2n) is 4.61. The van der Waals surface area contributed by atoms with Gasteiger partial charge in [-0.15, -0.1) is 0 Å². The number of amides is 1. The molecule has 1 aliphatic rings. The molecule has 0 aromatic rings. The molecule has 0 aliphatic carbocycles. The molecule has 0 bridgehead atoms. The summed E-state index contributed by atoms with van der Waals surface area (Å²) in [5.74, 6) is -1.63. The average Bonchev–Trinajstić information content (AvgIpc) is 2.77. The van der Waals surface area contributed by atoms with Crippen molar-refractivity contribution in [2.45, 2.75) is 38.1 Å². The van der Waals surface area contributed by atoms with Gasteiger partial charge in [-0.1, -0.05) is 12.8 Å². The lowest BCUT2D eigenvalue weighted by Crippen LogP contribution is -2.42. The van der Waals surface area contributed by atoms with Gasteiger partial charge >= 0.3 is 5.97 Å².